The number of aliphatic hydroxyl groups is 1. The summed E-state index contributed by atoms with van der Waals surface area (Å²) in [7, 11) is 0. The zero-order valence-electron chi connectivity index (χ0n) is 7.74. The summed E-state index contributed by atoms with van der Waals surface area (Å²) in [4.78, 5) is 0. The second-order valence-corrected chi connectivity index (χ2v) is 4.27. The molecule has 0 spiro atoms. The summed E-state index contributed by atoms with van der Waals surface area (Å²) in [6.07, 6.45) is 9.42. The smallest absolute Gasteiger partial charge is 0.0633 e. The highest BCUT2D eigenvalue weighted by Gasteiger charge is 2.43. The monoisotopic (exact) mass is 166 g/mol. The molecule has 0 radical (unpaired) electrons. The van der Waals surface area contributed by atoms with Crippen LogP contribution in [0.2, 0.25) is 0 Å². The van der Waals surface area contributed by atoms with Gasteiger partial charge in [0.25, 0.3) is 0 Å². The second kappa shape index (κ2) is 3.21. The Hall–Kier alpha value is -0.300. The van der Waals surface area contributed by atoms with Crippen LogP contribution >= 0.6 is 0 Å². The molecule has 0 amide bonds. The van der Waals surface area contributed by atoms with Crippen LogP contribution in [-0.2, 0) is 0 Å². The van der Waals surface area contributed by atoms with Crippen molar-refractivity contribution in [3.63, 3.8) is 0 Å². The van der Waals surface area contributed by atoms with E-state index >= 15 is 0 Å². The van der Waals surface area contributed by atoms with Crippen molar-refractivity contribution in [2.75, 3.05) is 0 Å². The summed E-state index contributed by atoms with van der Waals surface area (Å²) in [5.74, 6) is 1.93. The van der Waals surface area contributed by atoms with Crippen LogP contribution in [0.1, 0.15) is 32.6 Å². The first-order chi connectivity index (χ1) is 5.83. The molecule has 1 heteroatoms. The first-order valence-corrected chi connectivity index (χ1v) is 5.14. The van der Waals surface area contributed by atoms with E-state index in [1.807, 2.05) is 6.92 Å². The van der Waals surface area contributed by atoms with E-state index in [4.69, 9.17) is 0 Å². The highest BCUT2D eigenvalue weighted by atomic mass is 16.3. The Morgan fingerprint density at radius 1 is 1.33 bits per heavy atom. The molecule has 2 aliphatic carbocycles. The van der Waals surface area contributed by atoms with Gasteiger partial charge in [-0.05, 0) is 31.6 Å². The van der Waals surface area contributed by atoms with Crippen molar-refractivity contribution in [3.05, 3.63) is 12.2 Å². The van der Waals surface area contributed by atoms with Gasteiger partial charge in [-0.1, -0.05) is 25.0 Å². The number of aliphatic hydroxyl groups excluding tert-OH is 1. The number of rotatable bonds is 1. The Morgan fingerprint density at radius 2 is 2.17 bits per heavy atom. The Bertz CT molecular complexity index is 185. The molecule has 1 N–H and O–H groups in total. The Balaban J connectivity index is 2.05. The third kappa shape index (κ3) is 1.20. The average Bonchev–Trinajstić information content (AvgIpc) is 2.58. The number of fused-ring (bicyclic) bond motifs is 1. The summed E-state index contributed by atoms with van der Waals surface area (Å²) in [5.41, 5.74) is 0. The Morgan fingerprint density at radius 3 is 2.83 bits per heavy atom. The molecular formula is C11H18O. The molecule has 68 valence electrons. The predicted octanol–water partition coefficient (Wildman–Crippen LogP) is 2.36. The molecular weight excluding hydrogens is 148 g/mol. The van der Waals surface area contributed by atoms with Crippen LogP contribution in [0, 0.1) is 17.8 Å². The van der Waals surface area contributed by atoms with E-state index in [-0.39, 0.29) is 6.10 Å². The molecule has 0 aliphatic heterocycles. The minimum Gasteiger partial charge on any atom is -0.392 e. The van der Waals surface area contributed by atoms with Crippen molar-refractivity contribution in [3.8, 4) is 0 Å². The third-order valence-corrected chi connectivity index (χ3v) is 3.61. The molecule has 0 saturated heterocycles. The molecule has 0 heterocycles. The highest BCUT2D eigenvalue weighted by Crippen LogP contribution is 2.47. The summed E-state index contributed by atoms with van der Waals surface area (Å²) >= 11 is 0. The van der Waals surface area contributed by atoms with Crippen molar-refractivity contribution >= 4 is 0 Å². The molecule has 0 aromatic rings. The first kappa shape index (κ1) is 8.31. The van der Waals surface area contributed by atoms with Crippen LogP contribution in [0.3, 0.4) is 0 Å². The van der Waals surface area contributed by atoms with Gasteiger partial charge in [0, 0.05) is 5.92 Å². The third-order valence-electron chi connectivity index (χ3n) is 3.61. The first-order valence-electron chi connectivity index (χ1n) is 5.14. The number of hydrogen-bond donors (Lipinski definition) is 1. The fourth-order valence-electron chi connectivity index (χ4n) is 3.05. The molecule has 0 aromatic carbocycles. The lowest BCUT2D eigenvalue weighted by Crippen LogP contribution is -2.19. The molecule has 1 nitrogen and oxygen atoms in total. The molecule has 2 rings (SSSR count). The second-order valence-electron chi connectivity index (χ2n) is 4.27. The van der Waals surface area contributed by atoms with Crippen molar-refractivity contribution < 1.29 is 5.11 Å². The van der Waals surface area contributed by atoms with Crippen molar-refractivity contribution in [1.29, 1.82) is 0 Å². The lowest BCUT2D eigenvalue weighted by molar-refractivity contribution is 0.103. The zero-order valence-corrected chi connectivity index (χ0v) is 7.74. The minimum absolute atomic E-state index is 0.0336. The molecule has 0 bridgehead atoms. The van der Waals surface area contributed by atoms with Crippen molar-refractivity contribution in [1.82, 2.24) is 0 Å². The van der Waals surface area contributed by atoms with Crippen molar-refractivity contribution in [2.45, 2.75) is 38.7 Å². The molecule has 2 saturated carbocycles. The molecule has 4 unspecified atom stereocenters. The van der Waals surface area contributed by atoms with Crippen LogP contribution in [0.15, 0.2) is 12.2 Å². The predicted molar refractivity (Wildman–Crippen MR) is 49.8 cm³/mol. The van der Waals surface area contributed by atoms with E-state index in [0.29, 0.717) is 11.8 Å². The summed E-state index contributed by atoms with van der Waals surface area (Å²) in [6.45, 7) is 2.04. The summed E-state index contributed by atoms with van der Waals surface area (Å²) < 4.78 is 0. The summed E-state index contributed by atoms with van der Waals surface area (Å²) in [5, 5.41) is 9.94. The molecule has 0 aromatic heterocycles. The molecule has 2 aliphatic rings. The maximum absolute atomic E-state index is 9.94. The van der Waals surface area contributed by atoms with Gasteiger partial charge in [-0.3, -0.25) is 0 Å². The molecule has 4 atom stereocenters. The fraction of sp³-hybridized carbons (Fsp3) is 0.818. The van der Waals surface area contributed by atoms with Gasteiger partial charge in [0.15, 0.2) is 0 Å². The van der Waals surface area contributed by atoms with Crippen LogP contribution in [-0.4, -0.2) is 11.2 Å². The quantitative estimate of drug-likeness (QED) is 0.593. The van der Waals surface area contributed by atoms with E-state index in [9.17, 15) is 5.11 Å². The SMILES string of the molecule is C/C=C/C1CC2CCCC2C1O. The van der Waals surface area contributed by atoms with Crippen molar-refractivity contribution in [2.24, 2.45) is 17.8 Å². The van der Waals surface area contributed by atoms with Gasteiger partial charge in [-0.25, -0.2) is 0 Å². The molecule has 12 heavy (non-hydrogen) atoms. The van der Waals surface area contributed by atoms with Gasteiger partial charge >= 0.3 is 0 Å². The average molecular weight is 166 g/mol. The van der Waals surface area contributed by atoms with Gasteiger partial charge in [0.05, 0.1) is 6.10 Å². The Labute approximate surface area is 74.5 Å². The van der Waals surface area contributed by atoms with Crippen LogP contribution in [0.25, 0.3) is 0 Å². The van der Waals surface area contributed by atoms with Gasteiger partial charge in [0.1, 0.15) is 0 Å². The minimum atomic E-state index is -0.0336. The van der Waals surface area contributed by atoms with Gasteiger partial charge in [-0.2, -0.15) is 0 Å². The molecule has 2 fully saturated rings. The van der Waals surface area contributed by atoms with Gasteiger partial charge in [0.2, 0.25) is 0 Å². The van der Waals surface area contributed by atoms with E-state index < -0.39 is 0 Å². The van der Waals surface area contributed by atoms with Gasteiger partial charge < -0.3 is 5.11 Å². The Kier molecular flexibility index (Phi) is 2.22. The topological polar surface area (TPSA) is 20.2 Å². The van der Waals surface area contributed by atoms with E-state index in [2.05, 4.69) is 12.2 Å². The maximum Gasteiger partial charge on any atom is 0.0633 e. The van der Waals surface area contributed by atoms with E-state index in [0.717, 1.165) is 5.92 Å². The van der Waals surface area contributed by atoms with E-state index in [1.54, 1.807) is 0 Å². The lowest BCUT2D eigenvalue weighted by atomic mass is 9.98. The highest BCUT2D eigenvalue weighted by molar-refractivity contribution is 5.02. The maximum atomic E-state index is 9.94. The lowest BCUT2D eigenvalue weighted by Gasteiger charge is -2.14. The number of hydrogen-bond acceptors (Lipinski definition) is 1. The van der Waals surface area contributed by atoms with Crippen LogP contribution in [0.4, 0.5) is 0 Å². The zero-order chi connectivity index (χ0) is 8.55. The van der Waals surface area contributed by atoms with Crippen LogP contribution < -0.4 is 0 Å². The standard InChI is InChI=1S/C11H18O/c1-2-4-9-7-8-5-3-6-10(8)11(9)12/h2,4,8-12H,3,5-7H2,1H3/b4-2+. The van der Waals surface area contributed by atoms with Gasteiger partial charge in [-0.15, -0.1) is 0 Å². The largest absolute Gasteiger partial charge is 0.392 e. The van der Waals surface area contributed by atoms with Crippen LogP contribution in [0.5, 0.6) is 0 Å². The summed E-state index contributed by atoms with van der Waals surface area (Å²) in [6, 6.07) is 0. The fourth-order valence-corrected chi connectivity index (χ4v) is 3.05. The van der Waals surface area contributed by atoms with E-state index in [1.165, 1.54) is 25.7 Å². The normalized spacial score (nSPS) is 47.2. The number of allylic oxidation sites excluding steroid dienone is 1.